The Labute approximate surface area is 488 Å². The summed E-state index contributed by atoms with van der Waals surface area (Å²) in [5, 5.41) is 0. The van der Waals surface area contributed by atoms with E-state index >= 15 is 0 Å². The minimum absolute atomic E-state index is 0.0641. The molecule has 78 heavy (non-hydrogen) atoms. The summed E-state index contributed by atoms with van der Waals surface area (Å²) in [6, 6.07) is 0. The standard InChI is InChI=1S/C72H138O6/c1-4-7-10-13-16-19-22-25-28-31-34-36-38-41-44-47-50-53-56-59-62-65-71(74)77-68-69(67-76-70(73)64-61-58-55-52-49-46-43-40-33-30-27-24-21-18-15-12-9-6-3)78-72(75)66-63-60-57-54-51-48-45-42-39-37-35-32-29-26-23-20-17-14-11-8-5-2/h30,33,69H,4-29,31-32,34-68H2,1-3H3/b33-30-. The molecule has 1 atom stereocenters. The highest BCUT2D eigenvalue weighted by molar-refractivity contribution is 5.71. The van der Waals surface area contributed by atoms with Crippen molar-refractivity contribution in [2.75, 3.05) is 13.2 Å². The van der Waals surface area contributed by atoms with Crippen LogP contribution in [0.15, 0.2) is 12.2 Å². The molecule has 0 aromatic rings. The third-order valence-corrected chi connectivity index (χ3v) is 16.5. The van der Waals surface area contributed by atoms with E-state index in [1.54, 1.807) is 0 Å². The van der Waals surface area contributed by atoms with E-state index in [4.69, 9.17) is 14.2 Å². The predicted octanol–water partition coefficient (Wildman–Crippen LogP) is 24.4. The molecule has 0 fully saturated rings. The molecule has 0 saturated heterocycles. The van der Waals surface area contributed by atoms with Gasteiger partial charge >= 0.3 is 17.9 Å². The molecule has 0 amide bonds. The molecule has 6 heteroatoms. The number of hydrogen-bond acceptors (Lipinski definition) is 6. The molecule has 0 aliphatic carbocycles. The number of hydrogen-bond donors (Lipinski definition) is 0. The topological polar surface area (TPSA) is 78.9 Å². The fourth-order valence-corrected chi connectivity index (χ4v) is 11.2. The summed E-state index contributed by atoms with van der Waals surface area (Å²) in [6.45, 7) is 6.74. The first-order valence-corrected chi connectivity index (χ1v) is 35.7. The van der Waals surface area contributed by atoms with Crippen LogP contribution in [0.4, 0.5) is 0 Å². The maximum Gasteiger partial charge on any atom is 0.306 e. The Bertz CT molecular complexity index is 1210. The lowest BCUT2D eigenvalue weighted by molar-refractivity contribution is -0.167. The number of esters is 3. The van der Waals surface area contributed by atoms with Gasteiger partial charge in [-0.1, -0.05) is 360 Å². The first kappa shape index (κ1) is 76.1. The summed E-state index contributed by atoms with van der Waals surface area (Å²) in [7, 11) is 0. The van der Waals surface area contributed by atoms with Crippen molar-refractivity contribution in [2.24, 2.45) is 0 Å². The summed E-state index contributed by atoms with van der Waals surface area (Å²) in [6.07, 6.45) is 80.9. The molecule has 0 N–H and O–H groups in total. The van der Waals surface area contributed by atoms with Crippen molar-refractivity contribution in [3.63, 3.8) is 0 Å². The van der Waals surface area contributed by atoms with E-state index in [1.807, 2.05) is 0 Å². The van der Waals surface area contributed by atoms with Crippen molar-refractivity contribution >= 4 is 17.9 Å². The monoisotopic (exact) mass is 1100 g/mol. The van der Waals surface area contributed by atoms with Crippen molar-refractivity contribution in [1.29, 1.82) is 0 Å². The largest absolute Gasteiger partial charge is 0.462 e. The van der Waals surface area contributed by atoms with Crippen molar-refractivity contribution in [3.05, 3.63) is 12.2 Å². The third-order valence-electron chi connectivity index (χ3n) is 16.5. The van der Waals surface area contributed by atoms with Gasteiger partial charge in [0, 0.05) is 19.3 Å². The van der Waals surface area contributed by atoms with Crippen LogP contribution in [0.5, 0.6) is 0 Å². The van der Waals surface area contributed by atoms with Crippen molar-refractivity contribution < 1.29 is 28.6 Å². The van der Waals surface area contributed by atoms with Gasteiger partial charge in [0.1, 0.15) is 13.2 Å². The van der Waals surface area contributed by atoms with E-state index in [-0.39, 0.29) is 31.1 Å². The Balaban J connectivity index is 4.28. The molecule has 0 aromatic heterocycles. The summed E-state index contributed by atoms with van der Waals surface area (Å²) >= 11 is 0. The summed E-state index contributed by atoms with van der Waals surface area (Å²) in [5.74, 6) is -0.830. The summed E-state index contributed by atoms with van der Waals surface area (Å²) in [4.78, 5) is 38.5. The molecule has 0 spiro atoms. The van der Waals surface area contributed by atoms with Gasteiger partial charge in [-0.2, -0.15) is 0 Å². The van der Waals surface area contributed by atoms with Gasteiger partial charge in [-0.25, -0.2) is 0 Å². The second-order valence-electron chi connectivity index (χ2n) is 24.5. The highest BCUT2D eigenvalue weighted by Crippen LogP contribution is 2.19. The van der Waals surface area contributed by atoms with Crippen LogP contribution in [0, 0.1) is 0 Å². The van der Waals surface area contributed by atoms with Gasteiger partial charge in [0.15, 0.2) is 6.10 Å². The third kappa shape index (κ3) is 65.0. The average molecular weight is 1100 g/mol. The van der Waals surface area contributed by atoms with Gasteiger partial charge in [-0.3, -0.25) is 14.4 Å². The average Bonchev–Trinajstić information content (AvgIpc) is 3.44. The second-order valence-corrected chi connectivity index (χ2v) is 24.5. The molecule has 0 radical (unpaired) electrons. The minimum atomic E-state index is -0.768. The van der Waals surface area contributed by atoms with E-state index in [1.165, 1.54) is 315 Å². The molecular formula is C72H138O6. The van der Waals surface area contributed by atoms with Crippen molar-refractivity contribution in [1.82, 2.24) is 0 Å². The van der Waals surface area contributed by atoms with Gasteiger partial charge in [-0.15, -0.1) is 0 Å². The Morgan fingerprint density at radius 3 is 0.641 bits per heavy atom. The zero-order chi connectivity index (χ0) is 56.4. The first-order chi connectivity index (χ1) is 38.5. The maximum atomic E-state index is 13.0. The molecule has 0 aliphatic rings. The number of rotatable bonds is 67. The number of carbonyl (C=O) groups excluding carboxylic acids is 3. The lowest BCUT2D eigenvalue weighted by Gasteiger charge is -2.18. The molecular weight excluding hydrogens is 961 g/mol. The van der Waals surface area contributed by atoms with Crippen LogP contribution in [0.3, 0.4) is 0 Å². The van der Waals surface area contributed by atoms with E-state index in [0.717, 1.165) is 57.8 Å². The van der Waals surface area contributed by atoms with Gasteiger partial charge in [0.2, 0.25) is 0 Å². The van der Waals surface area contributed by atoms with Gasteiger partial charge in [0.25, 0.3) is 0 Å². The van der Waals surface area contributed by atoms with Gasteiger partial charge < -0.3 is 14.2 Å². The van der Waals surface area contributed by atoms with Crippen LogP contribution in [-0.2, 0) is 28.6 Å². The Morgan fingerprint density at radius 1 is 0.244 bits per heavy atom. The molecule has 0 heterocycles. The zero-order valence-electron chi connectivity index (χ0n) is 53.2. The molecule has 0 rings (SSSR count). The molecule has 0 bridgehead atoms. The fourth-order valence-electron chi connectivity index (χ4n) is 11.2. The van der Waals surface area contributed by atoms with Crippen LogP contribution < -0.4 is 0 Å². The number of allylic oxidation sites excluding steroid dienone is 2. The number of ether oxygens (including phenoxy) is 3. The first-order valence-electron chi connectivity index (χ1n) is 35.7. The molecule has 0 aromatic carbocycles. The molecule has 6 nitrogen and oxygen atoms in total. The Morgan fingerprint density at radius 2 is 0.423 bits per heavy atom. The zero-order valence-corrected chi connectivity index (χ0v) is 53.2. The van der Waals surface area contributed by atoms with Gasteiger partial charge in [-0.05, 0) is 44.9 Å². The summed E-state index contributed by atoms with van der Waals surface area (Å²) in [5.41, 5.74) is 0. The van der Waals surface area contributed by atoms with Crippen molar-refractivity contribution in [2.45, 2.75) is 419 Å². The van der Waals surface area contributed by atoms with Crippen LogP contribution in [0.2, 0.25) is 0 Å². The minimum Gasteiger partial charge on any atom is -0.462 e. The lowest BCUT2D eigenvalue weighted by Crippen LogP contribution is -2.30. The van der Waals surface area contributed by atoms with Crippen LogP contribution >= 0.6 is 0 Å². The van der Waals surface area contributed by atoms with Crippen LogP contribution in [0.25, 0.3) is 0 Å². The van der Waals surface area contributed by atoms with E-state index in [9.17, 15) is 14.4 Å². The molecule has 0 aliphatic heterocycles. The second kappa shape index (κ2) is 67.7. The van der Waals surface area contributed by atoms with Gasteiger partial charge in [0.05, 0.1) is 0 Å². The van der Waals surface area contributed by atoms with E-state index in [0.29, 0.717) is 19.3 Å². The van der Waals surface area contributed by atoms with Crippen molar-refractivity contribution in [3.8, 4) is 0 Å². The SMILES string of the molecule is CCCCCCCCC/C=C\CCCCCCCCCC(=O)OCC(COC(=O)CCCCCCCCCCCCCCCCCCCCCCC)OC(=O)CCCCCCCCCCCCCCCCCCCCCCC. The van der Waals surface area contributed by atoms with E-state index < -0.39 is 6.10 Å². The fraction of sp³-hybridized carbons (Fsp3) is 0.931. The number of unbranched alkanes of at least 4 members (excludes halogenated alkanes) is 54. The Kier molecular flexibility index (Phi) is 66.0. The number of carbonyl (C=O) groups is 3. The van der Waals surface area contributed by atoms with E-state index in [2.05, 4.69) is 32.9 Å². The maximum absolute atomic E-state index is 13.0. The smallest absolute Gasteiger partial charge is 0.306 e. The predicted molar refractivity (Wildman–Crippen MR) is 340 cm³/mol. The summed E-state index contributed by atoms with van der Waals surface area (Å²) < 4.78 is 17.0. The Hall–Kier alpha value is -1.85. The highest BCUT2D eigenvalue weighted by Gasteiger charge is 2.19. The molecule has 462 valence electrons. The quantitative estimate of drug-likeness (QED) is 0.0261. The van der Waals surface area contributed by atoms with Crippen LogP contribution in [-0.4, -0.2) is 37.2 Å². The normalized spacial score (nSPS) is 12.0. The molecule has 0 saturated carbocycles. The van der Waals surface area contributed by atoms with Crippen LogP contribution in [0.1, 0.15) is 412 Å². The molecule has 1 unspecified atom stereocenters. The highest BCUT2D eigenvalue weighted by atomic mass is 16.6. The lowest BCUT2D eigenvalue weighted by atomic mass is 10.0.